The number of hydrogen-bond acceptors (Lipinski definition) is 3. The fourth-order valence-electron chi connectivity index (χ4n) is 2.91. The second-order valence-corrected chi connectivity index (χ2v) is 5.64. The van der Waals surface area contributed by atoms with Crippen molar-refractivity contribution in [2.75, 3.05) is 26.7 Å². The summed E-state index contributed by atoms with van der Waals surface area (Å²) >= 11 is 0. The van der Waals surface area contributed by atoms with Gasteiger partial charge in [0.15, 0.2) is 0 Å². The molecule has 5 nitrogen and oxygen atoms in total. The van der Waals surface area contributed by atoms with E-state index in [4.69, 9.17) is 4.74 Å². The van der Waals surface area contributed by atoms with Crippen molar-refractivity contribution in [3.8, 4) is 0 Å². The number of methoxy groups -OCH3 is 1. The van der Waals surface area contributed by atoms with Gasteiger partial charge in [0, 0.05) is 19.6 Å². The number of ether oxygens (including phenoxy) is 1. The van der Waals surface area contributed by atoms with Crippen LogP contribution in [0.4, 0.5) is 4.79 Å². The van der Waals surface area contributed by atoms with Crippen LogP contribution in [0.5, 0.6) is 0 Å². The number of nitrogens with one attached hydrogen (secondary N) is 1. The van der Waals surface area contributed by atoms with E-state index in [9.17, 15) is 9.59 Å². The van der Waals surface area contributed by atoms with Gasteiger partial charge in [-0.2, -0.15) is 0 Å². The van der Waals surface area contributed by atoms with Gasteiger partial charge >= 0.3 is 12.0 Å². The molecule has 20 heavy (non-hydrogen) atoms. The predicted octanol–water partition coefficient (Wildman–Crippen LogP) is 1.94. The maximum Gasteiger partial charge on any atom is 0.317 e. The number of carbonyl (C=O) groups is 2. The van der Waals surface area contributed by atoms with Gasteiger partial charge in [-0.1, -0.05) is 12.2 Å². The summed E-state index contributed by atoms with van der Waals surface area (Å²) in [5, 5.41) is 3.00. The molecule has 0 bridgehead atoms. The first-order valence-electron chi connectivity index (χ1n) is 7.46. The molecule has 5 heteroatoms. The van der Waals surface area contributed by atoms with Crippen molar-refractivity contribution >= 4 is 12.0 Å². The molecule has 0 aromatic rings. The Balaban J connectivity index is 1.76. The molecule has 1 aliphatic carbocycles. The van der Waals surface area contributed by atoms with Crippen molar-refractivity contribution in [2.45, 2.75) is 32.1 Å². The zero-order valence-corrected chi connectivity index (χ0v) is 12.1. The largest absolute Gasteiger partial charge is 0.469 e. The lowest BCUT2D eigenvalue weighted by molar-refractivity contribution is -0.146. The zero-order valence-electron chi connectivity index (χ0n) is 12.1. The van der Waals surface area contributed by atoms with Crippen LogP contribution < -0.4 is 5.32 Å². The summed E-state index contributed by atoms with van der Waals surface area (Å²) in [6.07, 6.45) is 9.35. The van der Waals surface area contributed by atoms with E-state index < -0.39 is 0 Å². The van der Waals surface area contributed by atoms with Crippen molar-refractivity contribution in [2.24, 2.45) is 11.8 Å². The molecule has 112 valence electrons. The summed E-state index contributed by atoms with van der Waals surface area (Å²) in [6.45, 7) is 1.93. The average molecular weight is 280 g/mol. The average Bonchev–Trinajstić information content (AvgIpc) is 2.53. The van der Waals surface area contributed by atoms with Crippen LogP contribution >= 0.6 is 0 Å². The van der Waals surface area contributed by atoms with Crippen LogP contribution in [0.1, 0.15) is 32.1 Å². The third kappa shape index (κ3) is 3.99. The van der Waals surface area contributed by atoms with E-state index in [0.29, 0.717) is 12.5 Å². The van der Waals surface area contributed by atoms with E-state index in [2.05, 4.69) is 17.5 Å². The molecule has 2 aliphatic rings. The van der Waals surface area contributed by atoms with Gasteiger partial charge in [0.25, 0.3) is 0 Å². The van der Waals surface area contributed by atoms with Gasteiger partial charge in [0.1, 0.15) is 0 Å². The lowest BCUT2D eigenvalue weighted by Gasteiger charge is -2.32. The van der Waals surface area contributed by atoms with E-state index in [1.54, 1.807) is 4.90 Å². The van der Waals surface area contributed by atoms with Crippen molar-refractivity contribution in [3.63, 3.8) is 0 Å². The summed E-state index contributed by atoms with van der Waals surface area (Å²) in [7, 11) is 1.40. The van der Waals surface area contributed by atoms with E-state index >= 15 is 0 Å². The van der Waals surface area contributed by atoms with Gasteiger partial charge < -0.3 is 15.0 Å². The molecule has 1 fully saturated rings. The Hall–Kier alpha value is -1.52. The highest BCUT2D eigenvalue weighted by molar-refractivity contribution is 5.77. The minimum atomic E-state index is -0.208. The molecule has 2 rings (SSSR count). The normalized spacial score (nSPS) is 26.1. The number of hydrogen-bond donors (Lipinski definition) is 1. The van der Waals surface area contributed by atoms with E-state index in [1.807, 2.05) is 0 Å². The number of urea groups is 1. The lowest BCUT2D eigenvalue weighted by atomic mass is 9.94. The Labute approximate surface area is 120 Å². The maximum atomic E-state index is 12.1. The van der Waals surface area contributed by atoms with Crippen molar-refractivity contribution in [1.29, 1.82) is 0 Å². The number of amides is 2. The van der Waals surface area contributed by atoms with Crippen LogP contribution in [-0.4, -0.2) is 43.6 Å². The molecule has 0 saturated carbocycles. The quantitative estimate of drug-likeness (QED) is 0.635. The van der Waals surface area contributed by atoms with Gasteiger partial charge in [-0.05, 0) is 38.0 Å². The van der Waals surface area contributed by atoms with Crippen LogP contribution in [-0.2, 0) is 9.53 Å². The highest BCUT2D eigenvalue weighted by Crippen LogP contribution is 2.19. The minimum Gasteiger partial charge on any atom is -0.469 e. The molecule has 0 unspecified atom stereocenters. The number of likely N-dealkylation sites (tertiary alicyclic amines) is 1. The number of allylic oxidation sites excluding steroid dienone is 2. The summed E-state index contributed by atoms with van der Waals surface area (Å²) in [4.78, 5) is 25.4. The van der Waals surface area contributed by atoms with Crippen molar-refractivity contribution in [3.05, 3.63) is 12.2 Å². The molecule has 0 aromatic carbocycles. The summed E-state index contributed by atoms with van der Waals surface area (Å²) < 4.78 is 4.77. The molecular weight excluding hydrogens is 256 g/mol. The number of nitrogens with zero attached hydrogens (tertiary/aromatic N) is 1. The van der Waals surface area contributed by atoms with Gasteiger partial charge in [0.05, 0.1) is 13.0 Å². The molecule has 0 aromatic heterocycles. The molecule has 1 aliphatic heterocycles. The highest BCUT2D eigenvalue weighted by Gasteiger charge is 2.29. The maximum absolute atomic E-state index is 12.1. The second-order valence-electron chi connectivity index (χ2n) is 5.64. The van der Waals surface area contributed by atoms with Gasteiger partial charge in [0.2, 0.25) is 0 Å². The first kappa shape index (κ1) is 14.9. The Kier molecular flexibility index (Phi) is 5.44. The van der Waals surface area contributed by atoms with Crippen LogP contribution in [0.25, 0.3) is 0 Å². The minimum absolute atomic E-state index is 0.0480. The molecule has 1 N–H and O–H groups in total. The number of carbonyl (C=O) groups excluding carboxylic acids is 2. The van der Waals surface area contributed by atoms with Crippen LogP contribution in [0.3, 0.4) is 0 Å². The monoisotopic (exact) mass is 280 g/mol. The SMILES string of the molecule is COC(=O)[C@H]1CCCN(C(=O)NC[C@H]2CC=CCC2)C1. The Bertz CT molecular complexity index is 381. The van der Waals surface area contributed by atoms with Gasteiger partial charge in [-0.25, -0.2) is 4.79 Å². The molecule has 0 spiro atoms. The highest BCUT2D eigenvalue weighted by atomic mass is 16.5. The number of piperidine rings is 1. The van der Waals surface area contributed by atoms with Crippen LogP contribution in [0, 0.1) is 11.8 Å². The van der Waals surface area contributed by atoms with E-state index in [-0.39, 0.29) is 17.9 Å². The van der Waals surface area contributed by atoms with E-state index in [1.165, 1.54) is 7.11 Å². The van der Waals surface area contributed by atoms with Crippen molar-refractivity contribution in [1.82, 2.24) is 10.2 Å². The molecule has 2 atom stereocenters. The van der Waals surface area contributed by atoms with Crippen LogP contribution in [0.15, 0.2) is 12.2 Å². The lowest BCUT2D eigenvalue weighted by Crippen LogP contribution is -2.48. The Morgan fingerprint density at radius 2 is 2.20 bits per heavy atom. The van der Waals surface area contributed by atoms with Gasteiger partial charge in [-0.15, -0.1) is 0 Å². The van der Waals surface area contributed by atoms with Gasteiger partial charge in [-0.3, -0.25) is 4.79 Å². The molecule has 1 heterocycles. The Morgan fingerprint density at radius 3 is 2.90 bits per heavy atom. The third-order valence-corrected chi connectivity index (χ3v) is 4.16. The van der Waals surface area contributed by atoms with E-state index in [0.717, 1.165) is 45.2 Å². The predicted molar refractivity (Wildman–Crippen MR) is 76.2 cm³/mol. The molecular formula is C15H24N2O3. The topological polar surface area (TPSA) is 58.6 Å². The first-order valence-corrected chi connectivity index (χ1v) is 7.46. The standard InChI is InChI=1S/C15H24N2O3/c1-20-14(18)13-8-5-9-17(11-13)15(19)16-10-12-6-3-2-4-7-12/h2-3,12-13H,4-11H2,1H3,(H,16,19)/t12-,13-/m0/s1. The third-order valence-electron chi connectivity index (χ3n) is 4.16. The number of rotatable bonds is 3. The van der Waals surface area contributed by atoms with Crippen LogP contribution in [0.2, 0.25) is 0 Å². The number of esters is 1. The fraction of sp³-hybridized carbons (Fsp3) is 0.733. The second kappa shape index (κ2) is 7.31. The molecule has 0 radical (unpaired) electrons. The fourth-order valence-corrected chi connectivity index (χ4v) is 2.91. The molecule has 2 amide bonds. The zero-order chi connectivity index (χ0) is 14.4. The van der Waals surface area contributed by atoms with Crippen molar-refractivity contribution < 1.29 is 14.3 Å². The smallest absolute Gasteiger partial charge is 0.317 e. The summed E-state index contributed by atoms with van der Waals surface area (Å²) in [5.41, 5.74) is 0. The first-order chi connectivity index (χ1) is 9.70. The summed E-state index contributed by atoms with van der Waals surface area (Å²) in [5.74, 6) is 0.169. The Morgan fingerprint density at radius 1 is 1.35 bits per heavy atom. The molecule has 1 saturated heterocycles. The summed E-state index contributed by atoms with van der Waals surface area (Å²) in [6, 6.07) is -0.0480.